The number of amidine groups is 1. The third-order valence-corrected chi connectivity index (χ3v) is 3.02. The molecule has 2 heterocycles. The lowest BCUT2D eigenvalue weighted by atomic mass is 9.88. The predicted octanol–water partition coefficient (Wildman–Crippen LogP) is 1.38. The van der Waals surface area contributed by atoms with Gasteiger partial charge in [0.15, 0.2) is 0 Å². The molecule has 78 valence electrons. The van der Waals surface area contributed by atoms with E-state index in [-0.39, 0.29) is 0 Å². The molecule has 0 aromatic rings. The summed E-state index contributed by atoms with van der Waals surface area (Å²) in [4.78, 5) is 0. The average Bonchev–Trinajstić information content (AvgIpc) is 2.23. The Kier molecular flexibility index (Phi) is 2.82. The second-order valence-electron chi connectivity index (χ2n) is 4.12. The van der Waals surface area contributed by atoms with Crippen molar-refractivity contribution in [3.63, 3.8) is 0 Å². The maximum absolute atomic E-state index is 7.56. The van der Waals surface area contributed by atoms with Crippen molar-refractivity contribution in [1.82, 2.24) is 5.43 Å². The van der Waals surface area contributed by atoms with Crippen LogP contribution in [-0.2, 0) is 4.74 Å². The SMILES string of the molecule is CC1CC(C2CCOCC2)=NNC1=N. The lowest BCUT2D eigenvalue weighted by Gasteiger charge is -2.28. The molecule has 0 bridgehead atoms. The smallest absolute Gasteiger partial charge is 0.117 e. The third-order valence-electron chi connectivity index (χ3n) is 3.02. The van der Waals surface area contributed by atoms with Crippen LogP contribution in [0, 0.1) is 17.2 Å². The van der Waals surface area contributed by atoms with E-state index in [4.69, 9.17) is 10.1 Å². The van der Waals surface area contributed by atoms with Crippen LogP contribution in [0.2, 0.25) is 0 Å². The molecule has 0 aromatic carbocycles. The largest absolute Gasteiger partial charge is 0.381 e. The van der Waals surface area contributed by atoms with E-state index in [1.54, 1.807) is 0 Å². The maximum Gasteiger partial charge on any atom is 0.117 e. The van der Waals surface area contributed by atoms with Gasteiger partial charge in [0.05, 0.1) is 0 Å². The minimum absolute atomic E-state index is 0.297. The van der Waals surface area contributed by atoms with Gasteiger partial charge in [0.25, 0.3) is 0 Å². The fourth-order valence-electron chi connectivity index (χ4n) is 1.99. The summed E-state index contributed by atoms with van der Waals surface area (Å²) in [5.41, 5.74) is 4.04. The van der Waals surface area contributed by atoms with E-state index in [0.717, 1.165) is 32.5 Å². The minimum Gasteiger partial charge on any atom is -0.381 e. The molecule has 0 aliphatic carbocycles. The van der Waals surface area contributed by atoms with Crippen molar-refractivity contribution in [2.75, 3.05) is 13.2 Å². The standard InChI is InChI=1S/C10H17N3O/c1-7-6-9(12-13-10(7)11)8-2-4-14-5-3-8/h7-8H,2-6H2,1H3,(H2,11,13). The van der Waals surface area contributed by atoms with E-state index >= 15 is 0 Å². The Morgan fingerprint density at radius 1 is 1.43 bits per heavy atom. The van der Waals surface area contributed by atoms with Crippen LogP contribution in [0.5, 0.6) is 0 Å². The van der Waals surface area contributed by atoms with Gasteiger partial charge in [-0.1, -0.05) is 6.92 Å². The van der Waals surface area contributed by atoms with Gasteiger partial charge in [-0.05, 0) is 19.3 Å². The molecule has 14 heavy (non-hydrogen) atoms. The van der Waals surface area contributed by atoms with Crippen molar-refractivity contribution < 1.29 is 4.74 Å². The maximum atomic E-state index is 7.56. The van der Waals surface area contributed by atoms with Gasteiger partial charge in [-0.3, -0.25) is 10.8 Å². The normalized spacial score (nSPS) is 29.6. The highest BCUT2D eigenvalue weighted by atomic mass is 16.5. The van der Waals surface area contributed by atoms with Crippen molar-refractivity contribution in [1.29, 1.82) is 5.41 Å². The van der Waals surface area contributed by atoms with E-state index in [1.807, 2.05) is 0 Å². The Balaban J connectivity index is 2.00. The zero-order chi connectivity index (χ0) is 9.97. The summed E-state index contributed by atoms with van der Waals surface area (Å²) >= 11 is 0. The quantitative estimate of drug-likeness (QED) is 0.664. The summed E-state index contributed by atoms with van der Waals surface area (Å²) in [6, 6.07) is 0. The summed E-state index contributed by atoms with van der Waals surface area (Å²) in [7, 11) is 0. The molecule has 0 radical (unpaired) electrons. The average molecular weight is 195 g/mol. The number of nitrogens with one attached hydrogen (secondary N) is 2. The van der Waals surface area contributed by atoms with Gasteiger partial charge in [0.1, 0.15) is 5.84 Å². The van der Waals surface area contributed by atoms with Crippen LogP contribution in [0.1, 0.15) is 26.2 Å². The van der Waals surface area contributed by atoms with Crippen molar-refractivity contribution >= 4 is 11.5 Å². The molecule has 1 fully saturated rings. The Morgan fingerprint density at radius 2 is 2.14 bits per heavy atom. The second-order valence-corrected chi connectivity index (χ2v) is 4.12. The number of rotatable bonds is 1. The number of ether oxygens (including phenoxy) is 1. The zero-order valence-electron chi connectivity index (χ0n) is 8.55. The van der Waals surface area contributed by atoms with Gasteiger partial charge in [0, 0.05) is 30.8 Å². The molecule has 0 amide bonds. The molecule has 4 nitrogen and oxygen atoms in total. The van der Waals surface area contributed by atoms with E-state index in [2.05, 4.69) is 17.5 Å². The first kappa shape index (κ1) is 9.65. The first-order valence-electron chi connectivity index (χ1n) is 5.26. The number of nitrogens with zero attached hydrogens (tertiary/aromatic N) is 1. The van der Waals surface area contributed by atoms with E-state index in [0.29, 0.717) is 17.7 Å². The summed E-state index contributed by atoms with van der Waals surface area (Å²) < 4.78 is 5.32. The van der Waals surface area contributed by atoms with Crippen molar-refractivity contribution in [3.8, 4) is 0 Å². The molecule has 2 N–H and O–H groups in total. The lowest BCUT2D eigenvalue weighted by molar-refractivity contribution is 0.0820. The van der Waals surface area contributed by atoms with Crippen LogP contribution in [0.25, 0.3) is 0 Å². The van der Waals surface area contributed by atoms with Crippen LogP contribution >= 0.6 is 0 Å². The topological polar surface area (TPSA) is 57.5 Å². The Morgan fingerprint density at radius 3 is 2.79 bits per heavy atom. The molecule has 2 aliphatic heterocycles. The summed E-state index contributed by atoms with van der Waals surface area (Å²) in [6.07, 6.45) is 3.11. The second kappa shape index (κ2) is 4.09. The molecule has 1 unspecified atom stereocenters. The molecule has 2 rings (SSSR count). The Bertz CT molecular complexity index is 256. The van der Waals surface area contributed by atoms with Crippen molar-refractivity contribution in [3.05, 3.63) is 0 Å². The van der Waals surface area contributed by atoms with E-state index in [9.17, 15) is 0 Å². The molecular weight excluding hydrogens is 178 g/mol. The van der Waals surface area contributed by atoms with Crippen LogP contribution in [-0.4, -0.2) is 24.8 Å². The fourth-order valence-corrected chi connectivity index (χ4v) is 1.99. The number of hydrogen-bond donors (Lipinski definition) is 2. The first-order chi connectivity index (χ1) is 6.77. The number of hydrazone groups is 1. The highest BCUT2D eigenvalue weighted by Crippen LogP contribution is 2.22. The van der Waals surface area contributed by atoms with Gasteiger partial charge in [-0.25, -0.2) is 0 Å². The summed E-state index contributed by atoms with van der Waals surface area (Å²) in [6.45, 7) is 3.79. The molecule has 0 aromatic heterocycles. The van der Waals surface area contributed by atoms with Gasteiger partial charge in [-0.2, -0.15) is 5.10 Å². The molecule has 1 atom stereocenters. The molecular formula is C10H17N3O. The van der Waals surface area contributed by atoms with Gasteiger partial charge < -0.3 is 4.74 Å². The summed E-state index contributed by atoms with van der Waals surface area (Å²) in [5.74, 6) is 1.41. The minimum atomic E-state index is 0.297. The molecule has 4 heteroatoms. The molecule has 2 aliphatic rings. The zero-order valence-corrected chi connectivity index (χ0v) is 8.55. The Labute approximate surface area is 84.2 Å². The van der Waals surface area contributed by atoms with Gasteiger partial charge in [-0.15, -0.1) is 0 Å². The highest BCUT2D eigenvalue weighted by Gasteiger charge is 2.25. The summed E-state index contributed by atoms with van der Waals surface area (Å²) in [5, 5.41) is 11.8. The van der Waals surface area contributed by atoms with Crippen LogP contribution < -0.4 is 5.43 Å². The monoisotopic (exact) mass is 195 g/mol. The van der Waals surface area contributed by atoms with Gasteiger partial charge in [0.2, 0.25) is 0 Å². The molecule has 0 saturated carbocycles. The fraction of sp³-hybridized carbons (Fsp3) is 0.800. The van der Waals surface area contributed by atoms with Crippen molar-refractivity contribution in [2.45, 2.75) is 26.2 Å². The number of hydrogen-bond acceptors (Lipinski definition) is 3. The molecule has 1 saturated heterocycles. The van der Waals surface area contributed by atoms with Crippen molar-refractivity contribution in [2.24, 2.45) is 16.9 Å². The molecule has 0 spiro atoms. The van der Waals surface area contributed by atoms with E-state index < -0.39 is 0 Å². The third kappa shape index (κ3) is 1.95. The highest BCUT2D eigenvalue weighted by molar-refractivity contribution is 5.96. The van der Waals surface area contributed by atoms with Crippen LogP contribution in [0.3, 0.4) is 0 Å². The predicted molar refractivity (Wildman–Crippen MR) is 55.6 cm³/mol. The van der Waals surface area contributed by atoms with Crippen LogP contribution in [0.4, 0.5) is 0 Å². The van der Waals surface area contributed by atoms with Gasteiger partial charge >= 0.3 is 0 Å². The lowest BCUT2D eigenvalue weighted by Crippen LogP contribution is -2.36. The van der Waals surface area contributed by atoms with E-state index in [1.165, 1.54) is 5.71 Å². The first-order valence-corrected chi connectivity index (χ1v) is 5.26. The van der Waals surface area contributed by atoms with Crippen LogP contribution in [0.15, 0.2) is 5.10 Å². The Hall–Kier alpha value is -0.900.